The predicted molar refractivity (Wildman–Crippen MR) is 144 cm³/mol. The van der Waals surface area contributed by atoms with Gasteiger partial charge in [-0.3, -0.25) is 23.4 Å². The third kappa shape index (κ3) is 5.23. The number of nitrogen functional groups attached to an aromatic ring is 2. The number of ether oxygens (including phenoxy) is 3. The van der Waals surface area contributed by atoms with Crippen LogP contribution in [0.5, 0.6) is 0 Å². The number of nitrogens with zero attached hydrogens (tertiary/aromatic N) is 8. The lowest BCUT2D eigenvalue weighted by Crippen LogP contribution is -2.35. The molecule has 6 heterocycles. The van der Waals surface area contributed by atoms with Crippen LogP contribution in [0.15, 0.2) is 17.4 Å². The highest BCUT2D eigenvalue weighted by molar-refractivity contribution is 8.44. The van der Waals surface area contributed by atoms with Gasteiger partial charge in [0.15, 0.2) is 41.3 Å². The van der Waals surface area contributed by atoms with E-state index in [0.29, 0.717) is 11.2 Å². The molecule has 2 saturated heterocycles. The first-order chi connectivity index (χ1) is 20.5. The number of hydrogen-bond acceptors (Lipinski definition) is 17. The lowest BCUT2D eigenvalue weighted by atomic mass is 10.1. The summed E-state index contributed by atoms with van der Waals surface area (Å²) in [7, 11) is 1.35. The average molecular weight is 646 g/mol. The summed E-state index contributed by atoms with van der Waals surface area (Å²) in [6.07, 6.45) is -8.45. The number of fused-ring (bicyclic) bond motifs is 2. The molecule has 23 heteroatoms. The molecule has 7 N–H and O–H groups in total. The van der Waals surface area contributed by atoms with Crippen LogP contribution in [0.1, 0.15) is 12.5 Å². The lowest BCUT2D eigenvalue weighted by Gasteiger charge is -2.24. The number of aromatic nitrogens is 9. The molecular formula is C20H25FN11O9PS. The minimum atomic E-state index is -4.44. The first-order valence-corrected chi connectivity index (χ1v) is 15.2. The van der Waals surface area contributed by atoms with Gasteiger partial charge in [0.2, 0.25) is 5.95 Å². The Morgan fingerprint density at radius 2 is 1.93 bits per heavy atom. The van der Waals surface area contributed by atoms with Gasteiger partial charge >= 0.3 is 6.80 Å². The molecule has 2 aliphatic rings. The summed E-state index contributed by atoms with van der Waals surface area (Å²) < 4.78 is 58.8. The number of hydrogen-bond donors (Lipinski definition) is 6. The number of aliphatic hydroxyl groups excluding tert-OH is 2. The standard InChI is InChI=1S/C20H25FN11O9PS/c1-37-13-11(34)7(40-18(13)31-5-26-9-14(22)24-4-25-15(9)31)3-38-42(36,43)41-12-8(21)6(2-33)39-19(12)32-16-10(29-30-32)17(35)28-20(23)27-16/h4-8,11-13,18-19,33-34H,2-3H2,1H3,(H,36,43)(H2,22,24,25)(H3,23,27,28,35)/t6-,7-,8+,11-,12-,13-,18-,19-,42?/m1/s1. The molecule has 0 aliphatic carbocycles. The van der Waals surface area contributed by atoms with Crippen LogP contribution < -0.4 is 17.0 Å². The zero-order valence-electron chi connectivity index (χ0n) is 21.9. The Hall–Kier alpha value is -3.34. The summed E-state index contributed by atoms with van der Waals surface area (Å²) in [6, 6.07) is 0. The predicted octanol–water partition coefficient (Wildman–Crippen LogP) is -1.54. The summed E-state index contributed by atoms with van der Waals surface area (Å²) in [5, 5.41) is 28.0. The number of anilines is 2. The topological polar surface area (TPSA) is 276 Å². The molecule has 2 fully saturated rings. The minimum Gasteiger partial charge on any atom is -0.394 e. The van der Waals surface area contributed by atoms with Crippen LogP contribution in [0.4, 0.5) is 16.2 Å². The van der Waals surface area contributed by atoms with Crippen LogP contribution in [0.3, 0.4) is 0 Å². The summed E-state index contributed by atoms with van der Waals surface area (Å²) in [4.78, 5) is 30.6. The summed E-state index contributed by atoms with van der Waals surface area (Å²) in [6.45, 7) is -5.76. The molecule has 1 unspecified atom stereocenters. The molecule has 2 aliphatic heterocycles. The van der Waals surface area contributed by atoms with Crippen LogP contribution in [-0.2, 0) is 27.8 Å². The van der Waals surface area contributed by atoms with E-state index < -0.39 is 74.7 Å². The van der Waals surface area contributed by atoms with Gasteiger partial charge in [0, 0.05) is 7.11 Å². The maximum Gasteiger partial charge on any atom is 0.386 e. The molecule has 43 heavy (non-hydrogen) atoms. The number of aromatic amines is 1. The van der Waals surface area contributed by atoms with Crippen molar-refractivity contribution in [3.05, 3.63) is 23.0 Å². The van der Waals surface area contributed by atoms with Gasteiger partial charge in [-0.2, -0.15) is 9.67 Å². The first kappa shape index (κ1) is 29.7. The van der Waals surface area contributed by atoms with Crippen molar-refractivity contribution in [2.24, 2.45) is 0 Å². The Balaban J connectivity index is 1.20. The fraction of sp³-hybridized carbons (Fsp3) is 0.550. The normalized spacial score (nSPS) is 30.8. The van der Waals surface area contributed by atoms with Gasteiger partial charge in [-0.05, 0) is 0 Å². The van der Waals surface area contributed by atoms with Gasteiger partial charge in [0.1, 0.15) is 42.4 Å². The number of nitrogens with two attached hydrogens (primary N) is 2. The Morgan fingerprint density at radius 3 is 2.67 bits per heavy atom. The molecule has 0 radical (unpaired) electrons. The summed E-state index contributed by atoms with van der Waals surface area (Å²) in [5.41, 5.74) is 11.0. The Morgan fingerprint density at radius 1 is 1.16 bits per heavy atom. The Bertz CT molecular complexity index is 1760. The van der Waals surface area contributed by atoms with E-state index in [4.69, 9.17) is 34.7 Å². The fourth-order valence-electron chi connectivity index (χ4n) is 4.92. The van der Waals surface area contributed by atoms with E-state index in [-0.39, 0.29) is 22.9 Å². The fourth-order valence-corrected chi connectivity index (χ4v) is 6.37. The van der Waals surface area contributed by atoms with Crippen molar-refractivity contribution < 1.29 is 42.4 Å². The average Bonchev–Trinajstić information content (AvgIpc) is 3.72. The van der Waals surface area contributed by atoms with E-state index in [1.807, 2.05) is 0 Å². The smallest absolute Gasteiger partial charge is 0.386 e. The SMILES string of the molecule is CO[C@@H]1[C@H](O)[C@@H](COP(=O)(S)O[C@@H]2[C@@H](F)[C@@H](CO)O[C@H]2n2nnc3c(=O)[nH]c(N)nc32)O[C@H]1n1cnc2c(N)ncnc21. The number of thiol groups is 1. The van der Waals surface area contributed by atoms with Crippen molar-refractivity contribution in [3.8, 4) is 0 Å². The highest BCUT2D eigenvalue weighted by Gasteiger charge is 2.52. The van der Waals surface area contributed by atoms with Crippen LogP contribution in [0.2, 0.25) is 0 Å². The molecule has 9 atom stereocenters. The number of rotatable bonds is 9. The van der Waals surface area contributed by atoms with Crippen molar-refractivity contribution in [1.82, 2.24) is 44.5 Å². The van der Waals surface area contributed by atoms with Crippen LogP contribution in [-0.4, -0.2) is 112 Å². The molecule has 4 aromatic heterocycles. The van der Waals surface area contributed by atoms with E-state index in [1.54, 1.807) is 0 Å². The molecule has 0 bridgehead atoms. The van der Waals surface area contributed by atoms with Crippen molar-refractivity contribution in [1.29, 1.82) is 0 Å². The number of methoxy groups -OCH3 is 1. The number of halogens is 1. The van der Waals surface area contributed by atoms with Gasteiger partial charge < -0.3 is 35.9 Å². The van der Waals surface area contributed by atoms with Crippen molar-refractivity contribution >= 4 is 53.1 Å². The van der Waals surface area contributed by atoms with E-state index in [9.17, 15) is 19.6 Å². The molecule has 20 nitrogen and oxygen atoms in total. The molecule has 0 spiro atoms. The second-order valence-corrected chi connectivity index (χ2v) is 12.4. The second-order valence-electron chi connectivity index (χ2n) is 9.52. The maximum atomic E-state index is 15.3. The molecule has 0 amide bonds. The highest BCUT2D eigenvalue weighted by Crippen LogP contribution is 2.57. The zero-order valence-corrected chi connectivity index (χ0v) is 23.7. The number of nitrogens with one attached hydrogen (secondary N) is 1. The highest BCUT2D eigenvalue weighted by atomic mass is 32.7. The number of alkyl halides is 1. The van der Waals surface area contributed by atoms with E-state index in [1.165, 1.54) is 24.3 Å². The summed E-state index contributed by atoms with van der Waals surface area (Å²) in [5.74, 6) is -0.143. The van der Waals surface area contributed by atoms with E-state index in [2.05, 4.69) is 47.5 Å². The first-order valence-electron chi connectivity index (χ1n) is 12.5. The Kier molecular flexibility index (Phi) is 7.81. The number of aliphatic hydroxyl groups is 2. The van der Waals surface area contributed by atoms with Crippen LogP contribution in [0.25, 0.3) is 22.3 Å². The van der Waals surface area contributed by atoms with Gasteiger partial charge in [0.25, 0.3) is 5.56 Å². The molecule has 4 aromatic rings. The van der Waals surface area contributed by atoms with E-state index in [0.717, 1.165) is 4.68 Å². The van der Waals surface area contributed by atoms with Crippen LogP contribution in [0, 0.1) is 0 Å². The van der Waals surface area contributed by atoms with Crippen LogP contribution >= 0.6 is 19.0 Å². The largest absolute Gasteiger partial charge is 0.394 e. The third-order valence-corrected chi connectivity index (χ3v) is 8.56. The van der Waals surface area contributed by atoms with Crippen molar-refractivity contribution in [2.45, 2.75) is 49.1 Å². The molecule has 0 saturated carbocycles. The molecule has 0 aromatic carbocycles. The maximum absolute atomic E-state index is 15.3. The number of H-pyrrole nitrogens is 1. The quantitative estimate of drug-likeness (QED) is 0.0888. The van der Waals surface area contributed by atoms with E-state index >= 15 is 4.39 Å². The van der Waals surface area contributed by atoms with Gasteiger partial charge in [0.05, 0.1) is 19.5 Å². The second kappa shape index (κ2) is 11.3. The monoisotopic (exact) mass is 645 g/mol. The molecular weight excluding hydrogens is 620 g/mol. The van der Waals surface area contributed by atoms with Gasteiger partial charge in [-0.15, -0.1) is 5.10 Å². The lowest BCUT2D eigenvalue weighted by molar-refractivity contribution is -0.0613. The van der Waals surface area contributed by atoms with Gasteiger partial charge in [-0.1, -0.05) is 17.5 Å². The van der Waals surface area contributed by atoms with Crippen molar-refractivity contribution in [2.75, 3.05) is 31.8 Å². The minimum absolute atomic E-state index is 0.137. The summed E-state index contributed by atoms with van der Waals surface area (Å²) >= 11 is 3.97. The number of imidazole rings is 1. The Labute approximate surface area is 244 Å². The zero-order chi connectivity index (χ0) is 30.6. The molecule has 232 valence electrons. The van der Waals surface area contributed by atoms with Gasteiger partial charge in [-0.25, -0.2) is 23.9 Å². The molecule has 6 rings (SSSR count). The third-order valence-electron chi connectivity index (χ3n) is 6.94. The van der Waals surface area contributed by atoms with Crippen molar-refractivity contribution in [3.63, 3.8) is 0 Å².